The molecule has 23 heavy (non-hydrogen) atoms. The van der Waals surface area contributed by atoms with Crippen molar-refractivity contribution < 1.29 is 27.8 Å². The maximum Gasteiger partial charge on any atom is 0.424 e. The lowest BCUT2D eigenvalue weighted by molar-refractivity contribution is 0.0273. The molecule has 0 unspecified atom stereocenters. The Kier molecular flexibility index (Phi) is 4.74. The zero-order valence-electron chi connectivity index (χ0n) is 13.1. The predicted octanol–water partition coefficient (Wildman–Crippen LogP) is 3.13. The summed E-state index contributed by atoms with van der Waals surface area (Å²) in [5.41, 5.74) is -0.976. The number of ether oxygens (including phenoxy) is 3. The molecule has 6 nitrogen and oxygen atoms in total. The van der Waals surface area contributed by atoms with E-state index in [-0.39, 0.29) is 12.4 Å². The van der Waals surface area contributed by atoms with E-state index in [2.05, 4.69) is 0 Å². The van der Waals surface area contributed by atoms with E-state index < -0.39 is 29.9 Å². The Morgan fingerprint density at radius 1 is 1.30 bits per heavy atom. The van der Waals surface area contributed by atoms with E-state index >= 15 is 0 Å². The van der Waals surface area contributed by atoms with Gasteiger partial charge in [0, 0.05) is 5.57 Å². The molecule has 0 bridgehead atoms. The van der Waals surface area contributed by atoms with E-state index in [9.17, 15) is 13.6 Å². The van der Waals surface area contributed by atoms with Gasteiger partial charge in [-0.15, -0.1) is 0 Å². The van der Waals surface area contributed by atoms with Crippen LogP contribution in [-0.4, -0.2) is 30.0 Å². The van der Waals surface area contributed by atoms with Gasteiger partial charge in [0.05, 0.1) is 6.54 Å². The monoisotopic (exact) mass is 328 g/mol. The third-order valence-corrected chi connectivity index (χ3v) is 2.91. The van der Waals surface area contributed by atoms with Gasteiger partial charge in [0.15, 0.2) is 11.5 Å². The lowest BCUT2D eigenvalue weighted by Crippen LogP contribution is -2.42. The van der Waals surface area contributed by atoms with Crippen LogP contribution in [0.4, 0.5) is 13.6 Å². The largest absolute Gasteiger partial charge is 0.454 e. The number of amides is 1. The number of hydrogen-bond acceptors (Lipinski definition) is 5. The molecular weight excluding hydrogens is 310 g/mol. The molecule has 1 heterocycles. The van der Waals surface area contributed by atoms with Crippen LogP contribution >= 0.6 is 0 Å². The number of carbonyl (C=O) groups excluding carboxylic acids is 1. The van der Waals surface area contributed by atoms with Crippen LogP contribution in [0.25, 0.3) is 5.57 Å². The molecule has 0 aromatic heterocycles. The van der Waals surface area contributed by atoms with Crippen LogP contribution in [0, 0.1) is 0 Å². The van der Waals surface area contributed by atoms with Crippen molar-refractivity contribution in [2.45, 2.75) is 26.4 Å². The zero-order valence-corrected chi connectivity index (χ0v) is 13.1. The van der Waals surface area contributed by atoms with E-state index in [0.29, 0.717) is 16.5 Å². The van der Waals surface area contributed by atoms with Crippen molar-refractivity contribution >= 4 is 11.7 Å². The Morgan fingerprint density at radius 3 is 2.57 bits per heavy atom. The van der Waals surface area contributed by atoms with Crippen molar-refractivity contribution in [2.75, 3.05) is 13.3 Å². The van der Waals surface area contributed by atoms with Gasteiger partial charge in [0.2, 0.25) is 6.79 Å². The average Bonchev–Trinajstić information content (AvgIpc) is 2.89. The van der Waals surface area contributed by atoms with E-state index in [0.717, 1.165) is 0 Å². The smallest absolute Gasteiger partial charge is 0.424 e. The number of hydrazine groups is 1. The first-order valence-electron chi connectivity index (χ1n) is 6.87. The number of hydrogen-bond donors (Lipinski definition) is 1. The molecule has 1 amide bonds. The van der Waals surface area contributed by atoms with E-state index in [4.69, 9.17) is 20.1 Å². The average molecular weight is 328 g/mol. The van der Waals surface area contributed by atoms with Crippen LogP contribution in [0.3, 0.4) is 0 Å². The number of halogens is 2. The number of benzene rings is 1. The van der Waals surface area contributed by atoms with Crippen LogP contribution in [0.5, 0.6) is 11.5 Å². The molecule has 0 atom stereocenters. The van der Waals surface area contributed by atoms with Crippen molar-refractivity contribution in [3.8, 4) is 11.5 Å². The topological polar surface area (TPSA) is 74.0 Å². The minimum Gasteiger partial charge on any atom is -0.454 e. The highest BCUT2D eigenvalue weighted by Crippen LogP contribution is 2.35. The normalized spacial score (nSPS) is 12.8. The quantitative estimate of drug-likeness (QED) is 0.524. The van der Waals surface area contributed by atoms with Crippen molar-refractivity contribution in [2.24, 2.45) is 5.84 Å². The maximum absolute atomic E-state index is 13.3. The molecule has 0 saturated carbocycles. The second-order valence-corrected chi connectivity index (χ2v) is 5.92. The fraction of sp³-hybridized carbons (Fsp3) is 0.400. The fourth-order valence-corrected chi connectivity index (χ4v) is 1.90. The third-order valence-electron chi connectivity index (χ3n) is 2.91. The number of nitrogens with zero attached hydrogens (tertiary/aromatic N) is 1. The highest BCUT2D eigenvalue weighted by molar-refractivity contribution is 5.75. The summed E-state index contributed by atoms with van der Waals surface area (Å²) in [7, 11) is 0. The summed E-state index contributed by atoms with van der Waals surface area (Å²) >= 11 is 0. The van der Waals surface area contributed by atoms with Crippen molar-refractivity contribution in [1.82, 2.24) is 5.01 Å². The molecule has 0 saturated heterocycles. The summed E-state index contributed by atoms with van der Waals surface area (Å²) in [6, 6.07) is 4.39. The Labute approximate surface area is 132 Å². The highest BCUT2D eigenvalue weighted by atomic mass is 19.3. The summed E-state index contributed by atoms with van der Waals surface area (Å²) in [6.07, 6.45) is -2.83. The van der Waals surface area contributed by atoms with Gasteiger partial charge in [0.1, 0.15) is 5.60 Å². The van der Waals surface area contributed by atoms with Gasteiger partial charge in [-0.3, -0.25) is 0 Å². The van der Waals surface area contributed by atoms with Gasteiger partial charge in [0.25, 0.3) is 6.08 Å². The van der Waals surface area contributed by atoms with Gasteiger partial charge in [-0.25, -0.2) is 15.6 Å². The minimum atomic E-state index is -1.94. The molecule has 0 radical (unpaired) electrons. The molecule has 1 aliphatic heterocycles. The standard InChI is InChI=1S/C15H18F2N2O4/c1-15(2,3)23-14(20)19(18)7-10(13(16)17)9-4-5-11-12(6-9)22-8-21-11/h4-6H,7-8,18H2,1-3H3. The summed E-state index contributed by atoms with van der Waals surface area (Å²) in [4.78, 5) is 11.8. The molecule has 1 aliphatic rings. The number of rotatable bonds is 3. The number of fused-ring (bicyclic) bond motifs is 1. The molecule has 1 aromatic carbocycles. The van der Waals surface area contributed by atoms with Gasteiger partial charge < -0.3 is 14.2 Å². The van der Waals surface area contributed by atoms with Gasteiger partial charge in [-0.05, 0) is 38.5 Å². The third kappa shape index (κ3) is 4.32. The van der Waals surface area contributed by atoms with E-state index in [1.54, 1.807) is 20.8 Å². The number of carbonyl (C=O) groups is 1. The Balaban J connectivity index is 2.17. The zero-order chi connectivity index (χ0) is 17.2. The molecule has 1 aromatic rings. The summed E-state index contributed by atoms with van der Waals surface area (Å²) < 4.78 is 41.9. The SMILES string of the molecule is CC(C)(C)OC(=O)N(N)CC(=C(F)F)c1ccc2c(c1)OCO2. The maximum atomic E-state index is 13.3. The first-order chi connectivity index (χ1) is 10.7. The summed E-state index contributed by atoms with van der Waals surface area (Å²) in [6.45, 7) is 4.50. The first kappa shape index (κ1) is 17.0. The Bertz CT molecular complexity index is 637. The molecule has 0 aliphatic carbocycles. The van der Waals surface area contributed by atoms with E-state index in [1.165, 1.54) is 18.2 Å². The lowest BCUT2D eigenvalue weighted by Gasteiger charge is -2.24. The summed E-state index contributed by atoms with van der Waals surface area (Å²) in [5, 5.41) is 0.602. The van der Waals surface area contributed by atoms with Gasteiger partial charge in [-0.1, -0.05) is 6.07 Å². The first-order valence-corrected chi connectivity index (χ1v) is 6.87. The van der Waals surface area contributed by atoms with Crippen LogP contribution in [0.2, 0.25) is 0 Å². The Hall–Kier alpha value is -2.35. The minimum absolute atomic E-state index is 0.0386. The molecule has 0 fully saturated rings. The van der Waals surface area contributed by atoms with Crippen LogP contribution < -0.4 is 15.3 Å². The lowest BCUT2D eigenvalue weighted by atomic mass is 10.1. The van der Waals surface area contributed by atoms with Crippen LogP contribution in [-0.2, 0) is 4.74 Å². The molecule has 2 N–H and O–H groups in total. The molecule has 2 rings (SSSR count). The van der Waals surface area contributed by atoms with Gasteiger partial charge in [-0.2, -0.15) is 8.78 Å². The molecule has 0 spiro atoms. The van der Waals surface area contributed by atoms with Crippen molar-refractivity contribution in [3.05, 3.63) is 29.8 Å². The molecular formula is C15H18F2N2O4. The van der Waals surface area contributed by atoms with Crippen molar-refractivity contribution in [1.29, 1.82) is 0 Å². The van der Waals surface area contributed by atoms with Gasteiger partial charge >= 0.3 is 6.09 Å². The number of nitrogens with two attached hydrogens (primary N) is 1. The van der Waals surface area contributed by atoms with Crippen molar-refractivity contribution in [3.63, 3.8) is 0 Å². The Morgan fingerprint density at radius 2 is 1.96 bits per heavy atom. The van der Waals surface area contributed by atoms with Crippen LogP contribution in [0.1, 0.15) is 26.3 Å². The summed E-state index contributed by atoms with van der Waals surface area (Å²) in [5.74, 6) is 6.39. The highest BCUT2D eigenvalue weighted by Gasteiger charge is 2.24. The molecule has 8 heteroatoms. The fourth-order valence-electron chi connectivity index (χ4n) is 1.90. The second kappa shape index (κ2) is 6.41. The molecule has 126 valence electrons. The predicted molar refractivity (Wildman–Crippen MR) is 78.8 cm³/mol. The second-order valence-electron chi connectivity index (χ2n) is 5.92. The van der Waals surface area contributed by atoms with E-state index in [1.807, 2.05) is 0 Å². The van der Waals surface area contributed by atoms with Crippen LogP contribution in [0.15, 0.2) is 24.3 Å².